The summed E-state index contributed by atoms with van der Waals surface area (Å²) in [5, 5.41) is 10.5. The first kappa shape index (κ1) is 21.7. The van der Waals surface area contributed by atoms with Crippen LogP contribution in [0.2, 0.25) is 0 Å². The Kier molecular flexibility index (Phi) is 5.71. The Hall–Kier alpha value is -3.11. The molecule has 0 saturated carbocycles. The Labute approximate surface area is 200 Å². The number of hydrogen-bond donors (Lipinski definition) is 2. The molecule has 5 rings (SSSR count). The van der Waals surface area contributed by atoms with Gasteiger partial charge in [-0.15, -0.1) is 6.58 Å². The summed E-state index contributed by atoms with van der Waals surface area (Å²) in [5.41, 5.74) is 4.31. The van der Waals surface area contributed by atoms with Crippen LogP contribution in [0.1, 0.15) is 29.7 Å². The lowest BCUT2D eigenvalue weighted by Crippen LogP contribution is -2.28. The van der Waals surface area contributed by atoms with Gasteiger partial charge in [0.2, 0.25) is 11.8 Å². The molecule has 1 saturated heterocycles. The van der Waals surface area contributed by atoms with Crippen molar-refractivity contribution in [3.05, 3.63) is 52.4 Å². The van der Waals surface area contributed by atoms with E-state index in [1.54, 1.807) is 11.0 Å². The Morgan fingerprint density at radius 2 is 2.21 bits per heavy atom. The topological polar surface area (TPSA) is 95.9 Å². The van der Waals surface area contributed by atoms with E-state index in [0.29, 0.717) is 28.8 Å². The minimum Gasteiger partial charge on any atom is -0.312 e. The van der Waals surface area contributed by atoms with Gasteiger partial charge in [-0.3, -0.25) is 19.3 Å². The summed E-state index contributed by atoms with van der Waals surface area (Å²) >= 11 is 6.63. The molecule has 33 heavy (non-hydrogen) atoms. The van der Waals surface area contributed by atoms with Crippen LogP contribution in [-0.4, -0.2) is 38.1 Å². The smallest absolute Gasteiger partial charge is 0.231 e. The van der Waals surface area contributed by atoms with E-state index >= 15 is 0 Å². The first-order valence-corrected chi connectivity index (χ1v) is 12.1. The maximum atomic E-state index is 13.0. The van der Waals surface area contributed by atoms with E-state index in [1.165, 1.54) is 22.5 Å². The number of rotatable bonds is 6. The highest BCUT2D eigenvalue weighted by molar-refractivity contribution is 7.71. The van der Waals surface area contributed by atoms with Gasteiger partial charge in [0, 0.05) is 25.2 Å². The molecule has 0 radical (unpaired) electrons. The molecule has 1 aliphatic heterocycles. The van der Waals surface area contributed by atoms with Gasteiger partial charge in [0.05, 0.1) is 16.5 Å². The van der Waals surface area contributed by atoms with E-state index < -0.39 is 5.92 Å². The number of nitrogens with one attached hydrogen (secondary N) is 2. The van der Waals surface area contributed by atoms with Crippen LogP contribution in [0, 0.1) is 17.6 Å². The van der Waals surface area contributed by atoms with Crippen LogP contribution in [0.4, 0.5) is 10.8 Å². The summed E-state index contributed by atoms with van der Waals surface area (Å²) < 4.78 is 2.33. The van der Waals surface area contributed by atoms with Crippen molar-refractivity contribution in [2.75, 3.05) is 16.8 Å². The van der Waals surface area contributed by atoms with Crippen LogP contribution in [0.3, 0.4) is 0 Å². The molecule has 1 atom stereocenters. The van der Waals surface area contributed by atoms with Gasteiger partial charge in [0.1, 0.15) is 0 Å². The van der Waals surface area contributed by atoms with Gasteiger partial charge in [0.15, 0.2) is 15.7 Å². The van der Waals surface area contributed by atoms with Crippen LogP contribution in [0.25, 0.3) is 10.7 Å². The number of aromatic nitrogens is 4. The molecule has 1 fully saturated rings. The number of aromatic amines is 1. The number of carbonyl (C=O) groups is 2. The van der Waals surface area contributed by atoms with Gasteiger partial charge in [-0.2, -0.15) is 5.10 Å². The summed E-state index contributed by atoms with van der Waals surface area (Å²) in [7, 11) is 0. The fourth-order valence-electron chi connectivity index (χ4n) is 4.51. The lowest BCUT2D eigenvalue weighted by atomic mass is 10.1. The standard InChI is InChI=1S/C23H24N6O2S2/c1-3-9-28-20(26-27-23(28)32)19-13(2)24-22(33-19)25-21(31)16-11-18(30)29(12-16)17-8-7-14-5-4-6-15(14)10-17/h3,7-8,10,16H,1,4-6,9,11-12H2,2H3,(H,27,32)(H,24,25,31)/t16-/m0/s1. The second-order valence-electron chi connectivity index (χ2n) is 8.39. The second kappa shape index (κ2) is 8.68. The third-order valence-corrected chi connectivity index (χ3v) is 7.57. The fourth-order valence-corrected chi connectivity index (χ4v) is 5.69. The van der Waals surface area contributed by atoms with Crippen LogP contribution >= 0.6 is 23.6 Å². The minimum atomic E-state index is -0.422. The summed E-state index contributed by atoms with van der Waals surface area (Å²) in [6.45, 7) is 6.53. The molecule has 1 aromatic carbocycles. The summed E-state index contributed by atoms with van der Waals surface area (Å²) in [6, 6.07) is 6.21. The first-order valence-electron chi connectivity index (χ1n) is 10.9. The van der Waals surface area contributed by atoms with Gasteiger partial charge >= 0.3 is 0 Å². The zero-order valence-corrected chi connectivity index (χ0v) is 19.9. The molecule has 3 aromatic rings. The van der Waals surface area contributed by atoms with Crippen molar-refractivity contribution >= 4 is 46.2 Å². The summed E-state index contributed by atoms with van der Waals surface area (Å²) in [4.78, 5) is 32.7. The third-order valence-electron chi connectivity index (χ3n) is 6.19. The van der Waals surface area contributed by atoms with Crippen molar-refractivity contribution < 1.29 is 9.59 Å². The van der Waals surface area contributed by atoms with Gasteiger partial charge in [-0.1, -0.05) is 23.5 Å². The molecular weight excluding hydrogens is 456 g/mol. The minimum absolute atomic E-state index is 0.0240. The van der Waals surface area contributed by atoms with Crippen LogP contribution in [-0.2, 0) is 29.0 Å². The highest BCUT2D eigenvalue weighted by Gasteiger charge is 2.36. The van der Waals surface area contributed by atoms with Crippen molar-refractivity contribution in [1.29, 1.82) is 0 Å². The quantitative estimate of drug-likeness (QED) is 0.410. The van der Waals surface area contributed by atoms with Crippen molar-refractivity contribution in [2.45, 2.75) is 39.2 Å². The predicted octanol–water partition coefficient (Wildman–Crippen LogP) is 4.04. The van der Waals surface area contributed by atoms with E-state index in [2.05, 4.69) is 39.2 Å². The number of nitrogens with zero attached hydrogens (tertiary/aromatic N) is 4. The largest absolute Gasteiger partial charge is 0.312 e. The van der Waals surface area contributed by atoms with Crippen LogP contribution in [0.15, 0.2) is 30.9 Å². The number of thiazole rings is 1. The van der Waals surface area contributed by atoms with E-state index in [1.807, 2.05) is 17.6 Å². The number of carbonyl (C=O) groups excluding carboxylic acids is 2. The number of aryl methyl sites for hydroxylation is 3. The molecule has 2 N–H and O–H groups in total. The zero-order valence-electron chi connectivity index (χ0n) is 18.3. The van der Waals surface area contributed by atoms with Crippen molar-refractivity contribution in [1.82, 2.24) is 19.7 Å². The van der Waals surface area contributed by atoms with Crippen molar-refractivity contribution in [3.63, 3.8) is 0 Å². The molecule has 10 heteroatoms. The molecule has 3 heterocycles. The Balaban J connectivity index is 1.31. The molecule has 2 aliphatic rings. The summed E-state index contributed by atoms with van der Waals surface area (Å²) in [6.07, 6.45) is 5.25. The predicted molar refractivity (Wildman–Crippen MR) is 131 cm³/mol. The molecule has 0 spiro atoms. The Morgan fingerprint density at radius 1 is 1.39 bits per heavy atom. The molecule has 170 valence electrons. The molecular formula is C23H24N6O2S2. The highest BCUT2D eigenvalue weighted by Crippen LogP contribution is 2.34. The molecule has 0 bridgehead atoms. The third kappa shape index (κ3) is 4.04. The number of benzene rings is 1. The number of fused-ring (bicyclic) bond motifs is 1. The van der Waals surface area contributed by atoms with Gasteiger partial charge < -0.3 is 10.2 Å². The number of hydrogen-bond acceptors (Lipinski definition) is 6. The van der Waals surface area contributed by atoms with Gasteiger partial charge in [0.25, 0.3) is 0 Å². The lowest BCUT2D eigenvalue weighted by Gasteiger charge is -2.17. The molecule has 0 unspecified atom stereocenters. The Bertz CT molecular complexity index is 1320. The van der Waals surface area contributed by atoms with Crippen LogP contribution < -0.4 is 10.2 Å². The van der Waals surface area contributed by atoms with E-state index in [4.69, 9.17) is 12.2 Å². The zero-order chi connectivity index (χ0) is 23.1. The maximum absolute atomic E-state index is 13.0. The normalized spacial score (nSPS) is 17.4. The second-order valence-corrected chi connectivity index (χ2v) is 9.77. The summed E-state index contributed by atoms with van der Waals surface area (Å²) in [5.74, 6) is 0.0179. The molecule has 2 aromatic heterocycles. The monoisotopic (exact) mass is 480 g/mol. The Morgan fingerprint density at radius 3 is 3.03 bits per heavy atom. The van der Waals surface area contributed by atoms with E-state index in [0.717, 1.165) is 35.5 Å². The van der Waals surface area contributed by atoms with Crippen LogP contribution in [0.5, 0.6) is 0 Å². The highest BCUT2D eigenvalue weighted by atomic mass is 32.1. The maximum Gasteiger partial charge on any atom is 0.231 e. The van der Waals surface area contributed by atoms with Gasteiger partial charge in [-0.25, -0.2) is 4.98 Å². The SMILES string of the molecule is C=CCn1c(-c2sc(NC(=O)[C@H]3CC(=O)N(c4ccc5c(c4)CCC5)C3)nc2C)n[nH]c1=S. The number of allylic oxidation sites excluding steroid dienone is 1. The average Bonchev–Trinajstić information content (AvgIpc) is 3.56. The number of H-pyrrole nitrogens is 1. The van der Waals surface area contributed by atoms with E-state index in [9.17, 15) is 9.59 Å². The van der Waals surface area contributed by atoms with Crippen molar-refractivity contribution in [2.24, 2.45) is 5.92 Å². The number of amides is 2. The molecule has 2 amide bonds. The van der Waals surface area contributed by atoms with Gasteiger partial charge in [-0.05, 0) is 61.7 Å². The van der Waals surface area contributed by atoms with E-state index in [-0.39, 0.29) is 18.2 Å². The van der Waals surface area contributed by atoms with Crippen molar-refractivity contribution in [3.8, 4) is 10.7 Å². The first-order chi connectivity index (χ1) is 15.9. The molecule has 8 nitrogen and oxygen atoms in total. The fraction of sp³-hybridized carbons (Fsp3) is 0.348. The molecule has 1 aliphatic carbocycles. The number of anilines is 2. The average molecular weight is 481 g/mol. The lowest BCUT2D eigenvalue weighted by molar-refractivity contribution is -0.122.